The van der Waals surface area contributed by atoms with Crippen LogP contribution in [0, 0.1) is 0 Å². The first kappa shape index (κ1) is 15.1. The summed E-state index contributed by atoms with van der Waals surface area (Å²) in [5, 5.41) is 0.799. The largest absolute Gasteiger partial charge is 0.371 e. The molecule has 2 fully saturated rings. The molecule has 0 atom stereocenters. The third-order valence-corrected chi connectivity index (χ3v) is 5.35. The van der Waals surface area contributed by atoms with E-state index >= 15 is 0 Å². The van der Waals surface area contributed by atoms with Crippen molar-refractivity contribution in [3.8, 4) is 0 Å². The van der Waals surface area contributed by atoms with Crippen LogP contribution in [0.1, 0.15) is 37.7 Å². The molecule has 0 aliphatic carbocycles. The van der Waals surface area contributed by atoms with Gasteiger partial charge in [-0.05, 0) is 56.5 Å². The van der Waals surface area contributed by atoms with Crippen LogP contribution in [0.4, 0.5) is 5.69 Å². The van der Waals surface area contributed by atoms with Crippen LogP contribution in [-0.2, 0) is 6.54 Å². The van der Waals surface area contributed by atoms with E-state index in [4.69, 9.17) is 17.3 Å². The maximum atomic E-state index is 6.28. The molecule has 2 saturated heterocycles. The Morgan fingerprint density at radius 1 is 1.05 bits per heavy atom. The zero-order valence-corrected chi connectivity index (χ0v) is 13.5. The van der Waals surface area contributed by atoms with Crippen LogP contribution in [0.2, 0.25) is 5.02 Å². The van der Waals surface area contributed by atoms with Crippen LogP contribution >= 0.6 is 11.6 Å². The van der Waals surface area contributed by atoms with Crippen LogP contribution in [-0.4, -0.2) is 37.1 Å². The van der Waals surface area contributed by atoms with Gasteiger partial charge in [-0.1, -0.05) is 24.1 Å². The number of nitrogens with zero attached hydrogens (tertiary/aromatic N) is 2. The van der Waals surface area contributed by atoms with Crippen molar-refractivity contribution >= 4 is 17.3 Å². The van der Waals surface area contributed by atoms with Crippen molar-refractivity contribution in [1.29, 1.82) is 0 Å². The number of rotatable bonds is 3. The number of nitrogens with two attached hydrogens (primary N) is 1. The number of hydrogen-bond acceptors (Lipinski definition) is 3. The van der Waals surface area contributed by atoms with Crippen molar-refractivity contribution < 1.29 is 0 Å². The van der Waals surface area contributed by atoms with E-state index < -0.39 is 0 Å². The molecule has 116 valence electrons. The summed E-state index contributed by atoms with van der Waals surface area (Å²) in [6.45, 7) is 5.40. The van der Waals surface area contributed by atoms with Gasteiger partial charge in [0.1, 0.15) is 0 Å². The van der Waals surface area contributed by atoms with E-state index in [2.05, 4.69) is 28.0 Å². The van der Waals surface area contributed by atoms with Gasteiger partial charge in [0.05, 0.1) is 0 Å². The Hall–Kier alpha value is -0.770. The first-order chi connectivity index (χ1) is 10.3. The van der Waals surface area contributed by atoms with Crippen molar-refractivity contribution in [1.82, 2.24) is 4.90 Å². The van der Waals surface area contributed by atoms with E-state index in [1.807, 2.05) is 0 Å². The summed E-state index contributed by atoms with van der Waals surface area (Å²) in [5.41, 5.74) is 7.95. The molecule has 0 spiro atoms. The fourth-order valence-electron chi connectivity index (χ4n) is 3.67. The molecule has 21 heavy (non-hydrogen) atoms. The van der Waals surface area contributed by atoms with Crippen LogP contribution in [0.3, 0.4) is 0 Å². The van der Waals surface area contributed by atoms with Crippen LogP contribution in [0.25, 0.3) is 0 Å². The first-order valence-corrected chi connectivity index (χ1v) is 8.63. The van der Waals surface area contributed by atoms with Gasteiger partial charge in [-0.2, -0.15) is 0 Å². The summed E-state index contributed by atoms with van der Waals surface area (Å²) < 4.78 is 0. The van der Waals surface area contributed by atoms with Crippen molar-refractivity contribution in [3.63, 3.8) is 0 Å². The molecular weight excluding hydrogens is 282 g/mol. The highest BCUT2D eigenvalue weighted by atomic mass is 35.5. The van der Waals surface area contributed by atoms with E-state index in [1.54, 1.807) is 0 Å². The van der Waals surface area contributed by atoms with Crippen molar-refractivity contribution in [2.24, 2.45) is 5.73 Å². The van der Waals surface area contributed by atoms with E-state index in [9.17, 15) is 0 Å². The van der Waals surface area contributed by atoms with Gasteiger partial charge in [0.2, 0.25) is 0 Å². The molecule has 0 radical (unpaired) electrons. The molecule has 2 aliphatic rings. The van der Waals surface area contributed by atoms with Gasteiger partial charge >= 0.3 is 0 Å². The standard InChI is InChI=1S/C17H26ClN3/c18-17-12-16(5-4-14(17)13-19)21-10-6-15(7-11-21)20-8-2-1-3-9-20/h4-5,12,15H,1-3,6-11,13,19H2. The monoisotopic (exact) mass is 307 g/mol. The number of anilines is 1. The Morgan fingerprint density at radius 3 is 2.38 bits per heavy atom. The number of piperidine rings is 2. The summed E-state index contributed by atoms with van der Waals surface area (Å²) in [5.74, 6) is 0. The summed E-state index contributed by atoms with van der Waals surface area (Å²) >= 11 is 6.28. The zero-order valence-electron chi connectivity index (χ0n) is 12.7. The Labute approximate surface area is 133 Å². The topological polar surface area (TPSA) is 32.5 Å². The molecule has 0 saturated carbocycles. The molecule has 1 aromatic rings. The van der Waals surface area contributed by atoms with Gasteiger partial charge in [-0.3, -0.25) is 0 Å². The maximum Gasteiger partial charge on any atom is 0.0471 e. The Balaban J connectivity index is 1.58. The predicted molar refractivity (Wildman–Crippen MR) is 90.0 cm³/mol. The summed E-state index contributed by atoms with van der Waals surface area (Å²) in [6.07, 6.45) is 6.74. The molecule has 0 unspecified atom stereocenters. The first-order valence-electron chi connectivity index (χ1n) is 8.25. The second-order valence-corrected chi connectivity index (χ2v) is 6.70. The molecule has 0 amide bonds. The van der Waals surface area contributed by atoms with E-state index in [0.717, 1.165) is 29.7 Å². The van der Waals surface area contributed by atoms with Gasteiger partial charge in [-0.15, -0.1) is 0 Å². The van der Waals surface area contributed by atoms with Gasteiger partial charge in [0, 0.05) is 36.4 Å². The normalized spacial score (nSPS) is 21.7. The molecule has 2 heterocycles. The molecule has 3 rings (SSSR count). The minimum Gasteiger partial charge on any atom is -0.371 e. The molecular formula is C17H26ClN3. The van der Waals surface area contributed by atoms with Crippen molar-refractivity contribution in [2.75, 3.05) is 31.1 Å². The number of likely N-dealkylation sites (tertiary alicyclic amines) is 1. The highest BCUT2D eigenvalue weighted by Gasteiger charge is 2.25. The highest BCUT2D eigenvalue weighted by molar-refractivity contribution is 6.31. The molecule has 1 aromatic carbocycles. The van der Waals surface area contributed by atoms with Crippen LogP contribution in [0.15, 0.2) is 18.2 Å². The number of benzene rings is 1. The molecule has 4 heteroatoms. The average Bonchev–Trinajstić information content (AvgIpc) is 2.56. The molecule has 0 aromatic heterocycles. The van der Waals surface area contributed by atoms with Crippen molar-refractivity contribution in [3.05, 3.63) is 28.8 Å². The SMILES string of the molecule is NCc1ccc(N2CCC(N3CCCCC3)CC2)cc1Cl. The van der Waals surface area contributed by atoms with E-state index in [-0.39, 0.29) is 0 Å². The Morgan fingerprint density at radius 2 is 1.76 bits per heavy atom. The predicted octanol–water partition coefficient (Wildman–Crippen LogP) is 3.25. The second kappa shape index (κ2) is 6.99. The average molecular weight is 308 g/mol. The molecule has 3 nitrogen and oxygen atoms in total. The lowest BCUT2D eigenvalue weighted by atomic mass is 9.99. The summed E-state index contributed by atoms with van der Waals surface area (Å²) in [6, 6.07) is 7.09. The summed E-state index contributed by atoms with van der Waals surface area (Å²) in [7, 11) is 0. The molecule has 2 aliphatic heterocycles. The number of hydrogen-bond donors (Lipinski definition) is 1. The summed E-state index contributed by atoms with van der Waals surface area (Å²) in [4.78, 5) is 5.18. The lowest BCUT2D eigenvalue weighted by molar-refractivity contribution is 0.141. The fraction of sp³-hybridized carbons (Fsp3) is 0.647. The van der Waals surface area contributed by atoms with Crippen LogP contribution in [0.5, 0.6) is 0 Å². The second-order valence-electron chi connectivity index (χ2n) is 6.29. The number of halogens is 1. The van der Waals surface area contributed by atoms with Gasteiger partial charge in [0.25, 0.3) is 0 Å². The minimum atomic E-state index is 0.510. The smallest absolute Gasteiger partial charge is 0.0471 e. The van der Waals surface area contributed by atoms with E-state index in [1.165, 1.54) is 50.9 Å². The van der Waals surface area contributed by atoms with Gasteiger partial charge < -0.3 is 15.5 Å². The van der Waals surface area contributed by atoms with Crippen LogP contribution < -0.4 is 10.6 Å². The molecule has 0 bridgehead atoms. The third kappa shape index (κ3) is 3.53. The minimum absolute atomic E-state index is 0.510. The van der Waals surface area contributed by atoms with Gasteiger partial charge in [-0.25, -0.2) is 0 Å². The lowest BCUT2D eigenvalue weighted by Gasteiger charge is -2.41. The Bertz CT molecular complexity index is 463. The quantitative estimate of drug-likeness (QED) is 0.930. The van der Waals surface area contributed by atoms with Gasteiger partial charge in [0.15, 0.2) is 0 Å². The van der Waals surface area contributed by atoms with E-state index in [0.29, 0.717) is 6.54 Å². The lowest BCUT2D eigenvalue weighted by Crippen LogP contribution is -2.46. The maximum absolute atomic E-state index is 6.28. The Kier molecular flexibility index (Phi) is 5.04. The fourth-order valence-corrected chi connectivity index (χ4v) is 3.92. The van der Waals surface area contributed by atoms with Crippen molar-refractivity contribution in [2.45, 2.75) is 44.7 Å². The molecule has 2 N–H and O–H groups in total. The highest BCUT2D eigenvalue weighted by Crippen LogP contribution is 2.28. The third-order valence-electron chi connectivity index (χ3n) is 4.99. The zero-order chi connectivity index (χ0) is 14.7.